The molecule has 0 aliphatic heterocycles. The normalized spacial score (nSPS) is 15.1. The SMILES string of the molecule is CC(C)CN(c1ccnc2c(N)cccc12)C1CC1. The number of anilines is 2. The molecule has 3 heteroatoms. The van der Waals surface area contributed by atoms with Crippen LogP contribution in [-0.2, 0) is 0 Å². The first-order chi connectivity index (χ1) is 9.16. The van der Waals surface area contributed by atoms with E-state index in [-0.39, 0.29) is 0 Å². The molecule has 1 heterocycles. The quantitative estimate of drug-likeness (QED) is 0.851. The predicted molar refractivity (Wildman–Crippen MR) is 81.4 cm³/mol. The van der Waals surface area contributed by atoms with E-state index in [0.717, 1.165) is 17.7 Å². The van der Waals surface area contributed by atoms with E-state index < -0.39 is 0 Å². The summed E-state index contributed by atoms with van der Waals surface area (Å²) in [5.74, 6) is 0.657. The molecule has 2 N–H and O–H groups in total. The van der Waals surface area contributed by atoms with E-state index in [9.17, 15) is 0 Å². The van der Waals surface area contributed by atoms with E-state index in [2.05, 4.69) is 35.9 Å². The molecule has 0 atom stereocenters. The minimum atomic E-state index is 0.657. The molecular formula is C16H21N3. The Bertz CT molecular complexity index is 588. The van der Waals surface area contributed by atoms with E-state index in [1.807, 2.05) is 18.3 Å². The smallest absolute Gasteiger partial charge is 0.0951 e. The van der Waals surface area contributed by atoms with Crippen LogP contribution in [0.15, 0.2) is 30.5 Å². The Morgan fingerprint density at radius 2 is 2.11 bits per heavy atom. The lowest BCUT2D eigenvalue weighted by Gasteiger charge is -2.28. The predicted octanol–water partition coefficient (Wildman–Crippen LogP) is 3.44. The average Bonchev–Trinajstić information content (AvgIpc) is 3.20. The molecule has 1 saturated carbocycles. The van der Waals surface area contributed by atoms with Crippen molar-refractivity contribution in [2.45, 2.75) is 32.7 Å². The van der Waals surface area contributed by atoms with Crippen LogP contribution in [0.1, 0.15) is 26.7 Å². The fraction of sp³-hybridized carbons (Fsp3) is 0.438. The van der Waals surface area contributed by atoms with E-state index >= 15 is 0 Å². The molecule has 1 aromatic heterocycles. The highest BCUT2D eigenvalue weighted by molar-refractivity contribution is 5.98. The van der Waals surface area contributed by atoms with Crippen LogP contribution in [0.3, 0.4) is 0 Å². The topological polar surface area (TPSA) is 42.2 Å². The third-order valence-corrected chi connectivity index (χ3v) is 3.64. The van der Waals surface area contributed by atoms with Crippen molar-refractivity contribution in [3.63, 3.8) is 0 Å². The molecule has 0 bridgehead atoms. The molecule has 0 saturated heterocycles. The molecule has 1 aliphatic rings. The fourth-order valence-corrected chi connectivity index (χ4v) is 2.66. The lowest BCUT2D eigenvalue weighted by atomic mass is 10.1. The summed E-state index contributed by atoms with van der Waals surface area (Å²) in [5.41, 5.74) is 9.01. The number of nitrogen functional groups attached to an aromatic ring is 1. The number of nitrogens with zero attached hydrogens (tertiary/aromatic N) is 2. The van der Waals surface area contributed by atoms with Gasteiger partial charge < -0.3 is 10.6 Å². The first-order valence-corrected chi connectivity index (χ1v) is 7.06. The Morgan fingerprint density at radius 1 is 1.32 bits per heavy atom. The van der Waals surface area contributed by atoms with Gasteiger partial charge in [0, 0.05) is 29.9 Å². The highest BCUT2D eigenvalue weighted by atomic mass is 15.2. The zero-order chi connectivity index (χ0) is 13.4. The third kappa shape index (κ3) is 2.37. The van der Waals surface area contributed by atoms with Gasteiger partial charge in [-0.3, -0.25) is 4.98 Å². The van der Waals surface area contributed by atoms with Crippen molar-refractivity contribution in [1.82, 2.24) is 4.98 Å². The van der Waals surface area contributed by atoms with Gasteiger partial charge in [0.15, 0.2) is 0 Å². The number of benzene rings is 1. The van der Waals surface area contributed by atoms with Gasteiger partial charge in [-0.15, -0.1) is 0 Å². The standard InChI is InChI=1S/C16H21N3/c1-11(2)10-19(12-6-7-12)15-8-9-18-16-13(15)4-3-5-14(16)17/h3-5,8-9,11-12H,6-7,10,17H2,1-2H3. The van der Waals surface area contributed by atoms with Gasteiger partial charge in [-0.1, -0.05) is 26.0 Å². The van der Waals surface area contributed by atoms with Gasteiger partial charge in [-0.05, 0) is 30.9 Å². The van der Waals surface area contributed by atoms with Crippen LogP contribution >= 0.6 is 0 Å². The van der Waals surface area contributed by atoms with Gasteiger partial charge in [0.25, 0.3) is 0 Å². The Morgan fingerprint density at radius 3 is 2.79 bits per heavy atom. The largest absolute Gasteiger partial charge is 0.397 e. The van der Waals surface area contributed by atoms with Crippen LogP contribution in [0.4, 0.5) is 11.4 Å². The molecule has 0 radical (unpaired) electrons. The number of nitrogens with two attached hydrogens (primary N) is 1. The zero-order valence-corrected chi connectivity index (χ0v) is 11.6. The maximum absolute atomic E-state index is 6.04. The van der Waals surface area contributed by atoms with Crippen LogP contribution < -0.4 is 10.6 Å². The Labute approximate surface area is 114 Å². The summed E-state index contributed by atoms with van der Waals surface area (Å²) in [6.07, 6.45) is 4.49. The van der Waals surface area contributed by atoms with Crippen molar-refractivity contribution in [3.05, 3.63) is 30.5 Å². The number of para-hydroxylation sites is 1. The van der Waals surface area contributed by atoms with Crippen molar-refractivity contribution < 1.29 is 0 Å². The second-order valence-corrected chi connectivity index (χ2v) is 5.85. The molecule has 1 fully saturated rings. The number of aromatic nitrogens is 1. The molecule has 2 aromatic rings. The second kappa shape index (κ2) is 4.72. The molecule has 0 amide bonds. The molecule has 100 valence electrons. The van der Waals surface area contributed by atoms with E-state index in [1.54, 1.807) is 0 Å². The van der Waals surface area contributed by atoms with Gasteiger partial charge >= 0.3 is 0 Å². The van der Waals surface area contributed by atoms with Crippen molar-refractivity contribution >= 4 is 22.3 Å². The van der Waals surface area contributed by atoms with Crippen molar-refractivity contribution in [1.29, 1.82) is 0 Å². The van der Waals surface area contributed by atoms with Crippen LogP contribution in [0.25, 0.3) is 10.9 Å². The summed E-state index contributed by atoms with van der Waals surface area (Å²) in [5, 5.41) is 1.18. The summed E-state index contributed by atoms with van der Waals surface area (Å²) in [4.78, 5) is 6.97. The molecule has 19 heavy (non-hydrogen) atoms. The molecule has 0 spiro atoms. The van der Waals surface area contributed by atoms with Crippen LogP contribution in [-0.4, -0.2) is 17.6 Å². The van der Waals surface area contributed by atoms with Crippen molar-refractivity contribution in [3.8, 4) is 0 Å². The molecule has 1 aliphatic carbocycles. The van der Waals surface area contributed by atoms with Gasteiger partial charge in [0.05, 0.1) is 11.2 Å². The first-order valence-electron chi connectivity index (χ1n) is 7.06. The summed E-state index contributed by atoms with van der Waals surface area (Å²) in [7, 11) is 0. The Balaban J connectivity index is 2.09. The van der Waals surface area contributed by atoms with Gasteiger partial charge in [0.1, 0.15) is 0 Å². The van der Waals surface area contributed by atoms with Crippen LogP contribution in [0, 0.1) is 5.92 Å². The Kier molecular flexibility index (Phi) is 3.05. The van der Waals surface area contributed by atoms with Crippen LogP contribution in [0.5, 0.6) is 0 Å². The highest BCUT2D eigenvalue weighted by Crippen LogP contribution is 2.36. The molecule has 3 nitrogen and oxygen atoms in total. The third-order valence-electron chi connectivity index (χ3n) is 3.64. The number of rotatable bonds is 4. The molecule has 0 unspecified atom stereocenters. The number of pyridine rings is 1. The molecular weight excluding hydrogens is 234 g/mol. The van der Waals surface area contributed by atoms with E-state index in [4.69, 9.17) is 5.73 Å². The summed E-state index contributed by atoms with van der Waals surface area (Å²) >= 11 is 0. The number of hydrogen-bond donors (Lipinski definition) is 1. The zero-order valence-electron chi connectivity index (χ0n) is 11.6. The van der Waals surface area contributed by atoms with Gasteiger partial charge in [0.2, 0.25) is 0 Å². The number of hydrogen-bond acceptors (Lipinski definition) is 3. The number of fused-ring (bicyclic) bond motifs is 1. The van der Waals surface area contributed by atoms with E-state index in [1.165, 1.54) is 23.9 Å². The minimum absolute atomic E-state index is 0.657. The molecule has 3 rings (SSSR count). The summed E-state index contributed by atoms with van der Waals surface area (Å²) < 4.78 is 0. The van der Waals surface area contributed by atoms with Gasteiger partial charge in [-0.2, -0.15) is 0 Å². The lowest BCUT2D eigenvalue weighted by Crippen LogP contribution is -2.30. The minimum Gasteiger partial charge on any atom is -0.397 e. The fourth-order valence-electron chi connectivity index (χ4n) is 2.66. The maximum Gasteiger partial charge on any atom is 0.0951 e. The highest BCUT2D eigenvalue weighted by Gasteiger charge is 2.30. The van der Waals surface area contributed by atoms with Crippen LogP contribution in [0.2, 0.25) is 0 Å². The first kappa shape index (κ1) is 12.3. The van der Waals surface area contributed by atoms with Crippen molar-refractivity contribution in [2.75, 3.05) is 17.2 Å². The van der Waals surface area contributed by atoms with E-state index in [0.29, 0.717) is 12.0 Å². The van der Waals surface area contributed by atoms with Crippen molar-refractivity contribution in [2.24, 2.45) is 5.92 Å². The molecule has 1 aromatic carbocycles. The Hall–Kier alpha value is -1.77. The maximum atomic E-state index is 6.04. The average molecular weight is 255 g/mol. The summed E-state index contributed by atoms with van der Waals surface area (Å²) in [6.45, 7) is 5.64. The lowest BCUT2D eigenvalue weighted by molar-refractivity contribution is 0.608. The second-order valence-electron chi connectivity index (χ2n) is 5.85. The van der Waals surface area contributed by atoms with Gasteiger partial charge in [-0.25, -0.2) is 0 Å². The summed E-state index contributed by atoms with van der Waals surface area (Å²) in [6, 6.07) is 8.90. The monoisotopic (exact) mass is 255 g/mol.